The predicted molar refractivity (Wildman–Crippen MR) is 103 cm³/mol. The van der Waals surface area contributed by atoms with Crippen molar-refractivity contribution in [2.24, 2.45) is 0 Å². The van der Waals surface area contributed by atoms with Crippen LogP contribution in [0, 0.1) is 6.92 Å². The molecule has 7 heteroatoms. The van der Waals surface area contributed by atoms with Gasteiger partial charge in [0.05, 0.1) is 12.1 Å². The Morgan fingerprint density at radius 2 is 1.93 bits per heavy atom. The summed E-state index contributed by atoms with van der Waals surface area (Å²) in [6.45, 7) is 4.74. The van der Waals surface area contributed by atoms with E-state index < -0.39 is 0 Å². The van der Waals surface area contributed by atoms with Crippen LogP contribution in [-0.2, 0) is 13.1 Å². The van der Waals surface area contributed by atoms with Crippen molar-refractivity contribution >= 4 is 16.8 Å². The molecule has 3 rings (SSSR count). The van der Waals surface area contributed by atoms with E-state index in [0.29, 0.717) is 12.4 Å². The number of carbonyl (C=O) groups excluding carboxylic acids is 1. The van der Waals surface area contributed by atoms with Gasteiger partial charge < -0.3 is 4.90 Å². The van der Waals surface area contributed by atoms with Crippen LogP contribution in [0.4, 0.5) is 0 Å². The van der Waals surface area contributed by atoms with Crippen molar-refractivity contribution in [2.75, 3.05) is 7.05 Å². The molecule has 140 valence electrons. The maximum Gasteiger partial charge on any atom is 0.274 e. The quantitative estimate of drug-likeness (QED) is 0.671. The normalized spacial score (nSPS) is 10.9. The molecule has 0 saturated heterocycles. The topological polar surface area (TPSA) is 81.0 Å². The lowest BCUT2D eigenvalue weighted by Crippen LogP contribution is -2.31. The second-order valence-electron chi connectivity index (χ2n) is 6.54. The zero-order valence-electron chi connectivity index (χ0n) is 15.8. The average molecular weight is 365 g/mol. The molecule has 0 N–H and O–H groups in total. The standard InChI is InChI=1S/C20H23N5O2/c1-4-5-12-25-19(26)11-10-17(23-25)20(27)24(3)13-18-21-14(2)15-8-6-7-9-16(15)22-18/h6-11H,4-5,12-13H2,1-3H3. The van der Waals surface area contributed by atoms with E-state index >= 15 is 0 Å². The summed E-state index contributed by atoms with van der Waals surface area (Å²) >= 11 is 0. The van der Waals surface area contributed by atoms with Gasteiger partial charge in [0.25, 0.3) is 11.5 Å². The first-order chi connectivity index (χ1) is 13.0. The fourth-order valence-corrected chi connectivity index (χ4v) is 2.88. The maximum atomic E-state index is 12.7. The molecule has 0 fully saturated rings. The van der Waals surface area contributed by atoms with E-state index in [9.17, 15) is 9.59 Å². The van der Waals surface area contributed by atoms with Gasteiger partial charge in [0.15, 0.2) is 0 Å². The minimum atomic E-state index is -0.269. The van der Waals surface area contributed by atoms with Crippen molar-refractivity contribution < 1.29 is 4.79 Å². The first kappa shape index (κ1) is 18.7. The summed E-state index contributed by atoms with van der Waals surface area (Å²) < 4.78 is 1.35. The number of amides is 1. The largest absolute Gasteiger partial charge is 0.333 e. The number of carbonyl (C=O) groups is 1. The Kier molecular flexibility index (Phi) is 5.59. The number of rotatable bonds is 6. The van der Waals surface area contributed by atoms with E-state index in [-0.39, 0.29) is 23.7 Å². The number of aryl methyl sites for hydroxylation is 2. The molecule has 0 bridgehead atoms. The van der Waals surface area contributed by atoms with Crippen molar-refractivity contribution in [1.82, 2.24) is 24.6 Å². The first-order valence-corrected chi connectivity index (χ1v) is 9.05. The fourth-order valence-electron chi connectivity index (χ4n) is 2.88. The molecule has 0 spiro atoms. The van der Waals surface area contributed by atoms with Crippen molar-refractivity contribution in [3.8, 4) is 0 Å². The molecular weight excluding hydrogens is 342 g/mol. The van der Waals surface area contributed by atoms with Crippen molar-refractivity contribution in [2.45, 2.75) is 39.8 Å². The summed E-state index contributed by atoms with van der Waals surface area (Å²) in [5, 5.41) is 5.21. The fraction of sp³-hybridized carbons (Fsp3) is 0.350. The van der Waals surface area contributed by atoms with Crippen molar-refractivity contribution in [1.29, 1.82) is 0 Å². The molecule has 27 heavy (non-hydrogen) atoms. The summed E-state index contributed by atoms with van der Waals surface area (Å²) in [6, 6.07) is 10.6. The van der Waals surface area contributed by atoms with Crippen LogP contribution >= 0.6 is 0 Å². The lowest BCUT2D eigenvalue weighted by molar-refractivity contribution is 0.0772. The summed E-state index contributed by atoms with van der Waals surface area (Å²) in [6.07, 6.45) is 1.79. The third-order valence-electron chi connectivity index (χ3n) is 4.37. The van der Waals surface area contributed by atoms with Gasteiger partial charge in [-0.3, -0.25) is 9.59 Å². The zero-order chi connectivity index (χ0) is 19.4. The third-order valence-corrected chi connectivity index (χ3v) is 4.37. The van der Waals surface area contributed by atoms with Crippen LogP contribution in [0.25, 0.3) is 10.9 Å². The van der Waals surface area contributed by atoms with E-state index in [4.69, 9.17) is 0 Å². The second-order valence-corrected chi connectivity index (χ2v) is 6.54. The van der Waals surface area contributed by atoms with Gasteiger partial charge in [0.1, 0.15) is 11.5 Å². The smallest absolute Gasteiger partial charge is 0.274 e. The van der Waals surface area contributed by atoms with Crippen LogP contribution in [0.3, 0.4) is 0 Å². The molecule has 3 aromatic rings. The number of para-hydroxylation sites is 1. The Bertz CT molecular complexity index is 1030. The van der Waals surface area contributed by atoms with Crippen LogP contribution < -0.4 is 5.56 Å². The Balaban J connectivity index is 1.81. The van der Waals surface area contributed by atoms with Crippen molar-refractivity contribution in [3.05, 3.63) is 64.0 Å². The van der Waals surface area contributed by atoms with Gasteiger partial charge >= 0.3 is 0 Å². The SMILES string of the molecule is CCCCn1nc(C(=O)N(C)Cc2nc(C)c3ccccc3n2)ccc1=O. The number of aromatic nitrogens is 4. The van der Waals surface area contributed by atoms with E-state index in [1.54, 1.807) is 7.05 Å². The summed E-state index contributed by atoms with van der Waals surface area (Å²) in [4.78, 5) is 35.2. The van der Waals surface area contributed by atoms with E-state index in [0.717, 1.165) is 29.4 Å². The van der Waals surface area contributed by atoms with Gasteiger partial charge in [-0.05, 0) is 25.5 Å². The molecule has 0 aliphatic heterocycles. The summed E-state index contributed by atoms with van der Waals surface area (Å²) in [5.74, 6) is 0.302. The highest BCUT2D eigenvalue weighted by atomic mass is 16.2. The van der Waals surface area contributed by atoms with Gasteiger partial charge in [0.2, 0.25) is 0 Å². The number of hydrogen-bond acceptors (Lipinski definition) is 5. The van der Waals surface area contributed by atoms with Crippen LogP contribution in [0.2, 0.25) is 0 Å². The summed E-state index contributed by atoms with van der Waals surface area (Å²) in [5.41, 5.74) is 1.77. The predicted octanol–water partition coefficient (Wildman–Crippen LogP) is 2.57. The van der Waals surface area contributed by atoms with E-state index in [1.807, 2.05) is 38.1 Å². The number of benzene rings is 1. The maximum absolute atomic E-state index is 12.7. The highest BCUT2D eigenvalue weighted by molar-refractivity contribution is 5.91. The molecular formula is C20H23N5O2. The molecule has 0 saturated carbocycles. The van der Waals surface area contributed by atoms with Gasteiger partial charge in [-0.1, -0.05) is 31.5 Å². The lowest BCUT2D eigenvalue weighted by atomic mass is 10.2. The minimum absolute atomic E-state index is 0.198. The zero-order valence-corrected chi connectivity index (χ0v) is 15.8. The van der Waals surface area contributed by atoms with Crippen LogP contribution in [0.5, 0.6) is 0 Å². The molecule has 1 amide bonds. The van der Waals surface area contributed by atoms with Gasteiger partial charge in [-0.25, -0.2) is 14.6 Å². The number of fused-ring (bicyclic) bond motifs is 1. The van der Waals surface area contributed by atoms with Crippen LogP contribution in [0.15, 0.2) is 41.2 Å². The number of nitrogens with zero attached hydrogens (tertiary/aromatic N) is 5. The summed E-state index contributed by atoms with van der Waals surface area (Å²) in [7, 11) is 1.68. The molecule has 2 heterocycles. The van der Waals surface area contributed by atoms with Gasteiger partial charge in [-0.2, -0.15) is 5.10 Å². The van der Waals surface area contributed by atoms with Gasteiger partial charge in [-0.15, -0.1) is 0 Å². The monoisotopic (exact) mass is 365 g/mol. The Morgan fingerprint density at radius 1 is 1.15 bits per heavy atom. The lowest BCUT2D eigenvalue weighted by Gasteiger charge is -2.17. The van der Waals surface area contributed by atoms with Crippen LogP contribution in [-0.4, -0.2) is 37.6 Å². The molecule has 7 nitrogen and oxygen atoms in total. The minimum Gasteiger partial charge on any atom is -0.333 e. The first-order valence-electron chi connectivity index (χ1n) is 9.05. The van der Waals surface area contributed by atoms with Crippen molar-refractivity contribution in [3.63, 3.8) is 0 Å². The molecule has 0 aliphatic carbocycles. The highest BCUT2D eigenvalue weighted by Crippen LogP contribution is 2.15. The number of unbranched alkanes of at least 4 members (excludes halogenated alkanes) is 1. The molecule has 0 atom stereocenters. The Labute approximate surface area is 157 Å². The molecule has 1 aromatic carbocycles. The van der Waals surface area contributed by atoms with Crippen LogP contribution in [0.1, 0.15) is 41.8 Å². The van der Waals surface area contributed by atoms with E-state index in [2.05, 4.69) is 15.1 Å². The van der Waals surface area contributed by atoms with Gasteiger partial charge in [0, 0.05) is 30.7 Å². The molecule has 2 aromatic heterocycles. The molecule has 0 radical (unpaired) electrons. The third kappa shape index (κ3) is 4.19. The molecule has 0 aliphatic rings. The van der Waals surface area contributed by atoms with E-state index in [1.165, 1.54) is 21.7 Å². The second kappa shape index (κ2) is 8.07. The highest BCUT2D eigenvalue weighted by Gasteiger charge is 2.16. The Morgan fingerprint density at radius 3 is 2.70 bits per heavy atom. The average Bonchev–Trinajstić information content (AvgIpc) is 2.67. The number of hydrogen-bond donors (Lipinski definition) is 0. The Hall–Kier alpha value is -3.09. The molecule has 0 unspecified atom stereocenters.